The lowest BCUT2D eigenvalue weighted by atomic mass is 10.2. The Labute approximate surface area is 94.7 Å². The van der Waals surface area contributed by atoms with Gasteiger partial charge in [-0.15, -0.1) is 0 Å². The number of para-hydroxylation sites is 1. The van der Waals surface area contributed by atoms with Crippen molar-refractivity contribution < 1.29 is 23.8 Å². The van der Waals surface area contributed by atoms with Crippen LogP contribution in [0, 0.1) is 0 Å². The standard InChI is InChI=1S/C11H5NO5/c13-10-15-8-5-12-7-4-2-1-3-6(7)9(8)16-11(14)17-10/h1-5H. The number of carbonyl (C=O) groups is 2. The van der Waals surface area contributed by atoms with E-state index in [0.29, 0.717) is 10.9 Å². The third-order valence-electron chi connectivity index (χ3n) is 2.24. The van der Waals surface area contributed by atoms with Crippen LogP contribution in [0.2, 0.25) is 0 Å². The fourth-order valence-electron chi connectivity index (χ4n) is 1.56. The highest BCUT2D eigenvalue weighted by Crippen LogP contribution is 2.35. The Morgan fingerprint density at radius 2 is 1.71 bits per heavy atom. The molecule has 2 heterocycles. The minimum Gasteiger partial charge on any atom is -0.390 e. The molecule has 0 saturated heterocycles. The molecule has 0 saturated carbocycles. The van der Waals surface area contributed by atoms with Gasteiger partial charge in [0.1, 0.15) is 0 Å². The summed E-state index contributed by atoms with van der Waals surface area (Å²) in [6.45, 7) is 0. The molecule has 2 aromatic rings. The van der Waals surface area contributed by atoms with Gasteiger partial charge in [0.05, 0.1) is 11.7 Å². The molecule has 0 amide bonds. The Morgan fingerprint density at radius 1 is 0.941 bits per heavy atom. The number of pyridine rings is 1. The molecule has 0 bridgehead atoms. The highest BCUT2D eigenvalue weighted by Gasteiger charge is 2.25. The molecule has 1 aliphatic heterocycles. The van der Waals surface area contributed by atoms with E-state index >= 15 is 0 Å². The summed E-state index contributed by atoms with van der Waals surface area (Å²) in [6.07, 6.45) is -0.951. The molecule has 0 aliphatic carbocycles. The number of ether oxygens (including phenoxy) is 3. The van der Waals surface area contributed by atoms with Gasteiger partial charge in [0.2, 0.25) is 0 Å². The second-order valence-electron chi connectivity index (χ2n) is 3.27. The van der Waals surface area contributed by atoms with Gasteiger partial charge in [-0.1, -0.05) is 12.1 Å². The summed E-state index contributed by atoms with van der Waals surface area (Å²) in [5.74, 6) is 0.186. The second kappa shape index (κ2) is 3.44. The average Bonchev–Trinajstić information content (AvgIpc) is 2.46. The zero-order chi connectivity index (χ0) is 11.8. The lowest BCUT2D eigenvalue weighted by Crippen LogP contribution is -2.14. The molecule has 0 spiro atoms. The number of fused-ring (bicyclic) bond motifs is 3. The van der Waals surface area contributed by atoms with Crippen molar-refractivity contribution in [1.29, 1.82) is 0 Å². The minimum atomic E-state index is -1.13. The van der Waals surface area contributed by atoms with Gasteiger partial charge in [0.25, 0.3) is 0 Å². The van der Waals surface area contributed by atoms with Crippen LogP contribution in [0.1, 0.15) is 0 Å². The third kappa shape index (κ3) is 1.55. The molecular formula is C11H5NO5. The Balaban J connectivity index is 2.28. The molecule has 6 nitrogen and oxygen atoms in total. The number of cyclic esters (lactones) is 2. The van der Waals surface area contributed by atoms with Crippen LogP contribution in [0.15, 0.2) is 30.5 Å². The van der Waals surface area contributed by atoms with Gasteiger partial charge in [-0.05, 0) is 12.1 Å². The van der Waals surface area contributed by atoms with Crippen LogP contribution in [-0.2, 0) is 4.74 Å². The quantitative estimate of drug-likeness (QED) is 0.511. The molecule has 6 heteroatoms. The van der Waals surface area contributed by atoms with Crippen molar-refractivity contribution in [3.8, 4) is 11.5 Å². The number of rotatable bonds is 0. The molecule has 17 heavy (non-hydrogen) atoms. The first kappa shape index (κ1) is 9.59. The second-order valence-corrected chi connectivity index (χ2v) is 3.27. The number of aromatic nitrogens is 1. The van der Waals surface area contributed by atoms with E-state index in [4.69, 9.17) is 9.47 Å². The first-order chi connectivity index (χ1) is 8.24. The van der Waals surface area contributed by atoms with Gasteiger partial charge >= 0.3 is 12.3 Å². The molecule has 1 aromatic carbocycles. The van der Waals surface area contributed by atoms with E-state index in [-0.39, 0.29) is 11.5 Å². The van der Waals surface area contributed by atoms with Crippen LogP contribution in [0.4, 0.5) is 9.59 Å². The first-order valence-electron chi connectivity index (χ1n) is 4.73. The zero-order valence-corrected chi connectivity index (χ0v) is 8.38. The molecular weight excluding hydrogens is 226 g/mol. The van der Waals surface area contributed by atoms with Crippen molar-refractivity contribution in [3.05, 3.63) is 30.5 Å². The van der Waals surface area contributed by atoms with E-state index < -0.39 is 12.3 Å². The number of hydrogen-bond acceptors (Lipinski definition) is 6. The Hall–Kier alpha value is -2.63. The number of nitrogens with zero attached hydrogens (tertiary/aromatic N) is 1. The lowest BCUT2D eigenvalue weighted by Gasteiger charge is -2.05. The summed E-state index contributed by atoms with van der Waals surface area (Å²) in [4.78, 5) is 26.2. The van der Waals surface area contributed by atoms with Crippen LogP contribution >= 0.6 is 0 Å². The molecule has 0 unspecified atom stereocenters. The maximum Gasteiger partial charge on any atom is 0.524 e. The van der Waals surface area contributed by atoms with Crippen LogP contribution in [0.3, 0.4) is 0 Å². The molecule has 3 rings (SSSR count). The van der Waals surface area contributed by atoms with Crippen LogP contribution in [-0.4, -0.2) is 17.3 Å². The van der Waals surface area contributed by atoms with Crippen LogP contribution < -0.4 is 9.47 Å². The van der Waals surface area contributed by atoms with Crippen molar-refractivity contribution in [2.45, 2.75) is 0 Å². The molecule has 1 aliphatic rings. The Kier molecular flexibility index (Phi) is 1.94. The monoisotopic (exact) mass is 231 g/mol. The highest BCUT2D eigenvalue weighted by molar-refractivity contribution is 5.92. The SMILES string of the molecule is O=C1OC(=O)Oc2c(cnc3ccccc23)O1. The predicted molar refractivity (Wildman–Crippen MR) is 54.9 cm³/mol. The lowest BCUT2D eigenvalue weighted by molar-refractivity contribution is 0.0999. The summed E-state index contributed by atoms with van der Waals surface area (Å²) < 4.78 is 13.9. The van der Waals surface area contributed by atoms with Gasteiger partial charge in [-0.2, -0.15) is 0 Å². The molecule has 0 radical (unpaired) electrons. The first-order valence-corrected chi connectivity index (χ1v) is 4.73. The molecule has 0 N–H and O–H groups in total. The summed E-state index contributed by atoms with van der Waals surface area (Å²) in [5, 5.41) is 0.566. The van der Waals surface area contributed by atoms with Crippen LogP contribution in [0.5, 0.6) is 11.5 Å². The Bertz CT molecular complexity index is 637. The van der Waals surface area contributed by atoms with Crippen molar-refractivity contribution in [1.82, 2.24) is 4.98 Å². The summed E-state index contributed by atoms with van der Waals surface area (Å²) in [6, 6.07) is 7.00. The fraction of sp³-hybridized carbons (Fsp3) is 0. The van der Waals surface area contributed by atoms with Crippen molar-refractivity contribution in [3.63, 3.8) is 0 Å². The van der Waals surface area contributed by atoms with Crippen LogP contribution in [0.25, 0.3) is 10.9 Å². The van der Waals surface area contributed by atoms with Crippen molar-refractivity contribution in [2.75, 3.05) is 0 Å². The van der Waals surface area contributed by atoms with E-state index in [1.807, 2.05) is 0 Å². The van der Waals surface area contributed by atoms with Crippen molar-refractivity contribution >= 4 is 23.2 Å². The number of carbonyl (C=O) groups excluding carboxylic acids is 2. The average molecular weight is 231 g/mol. The molecule has 84 valence electrons. The maximum absolute atomic E-state index is 11.1. The Morgan fingerprint density at radius 3 is 2.59 bits per heavy atom. The van der Waals surface area contributed by atoms with E-state index in [1.165, 1.54) is 6.20 Å². The minimum absolute atomic E-state index is 0.0551. The molecule has 0 atom stereocenters. The number of hydrogen-bond donors (Lipinski definition) is 0. The zero-order valence-electron chi connectivity index (χ0n) is 8.38. The largest absolute Gasteiger partial charge is 0.524 e. The van der Waals surface area contributed by atoms with Gasteiger partial charge in [-0.25, -0.2) is 9.59 Å². The predicted octanol–water partition coefficient (Wildman–Crippen LogP) is 2.26. The summed E-state index contributed by atoms with van der Waals surface area (Å²) in [5.41, 5.74) is 0.622. The summed E-state index contributed by atoms with van der Waals surface area (Å²) >= 11 is 0. The van der Waals surface area contributed by atoms with Gasteiger partial charge in [0.15, 0.2) is 11.5 Å². The van der Waals surface area contributed by atoms with Crippen molar-refractivity contribution in [2.24, 2.45) is 0 Å². The topological polar surface area (TPSA) is 74.7 Å². The molecule has 1 aromatic heterocycles. The number of benzene rings is 1. The normalized spacial score (nSPS) is 14.4. The third-order valence-corrected chi connectivity index (χ3v) is 2.24. The fourth-order valence-corrected chi connectivity index (χ4v) is 1.56. The molecule has 0 fully saturated rings. The van der Waals surface area contributed by atoms with Gasteiger partial charge in [0, 0.05) is 5.39 Å². The van der Waals surface area contributed by atoms with Gasteiger partial charge < -0.3 is 14.2 Å². The smallest absolute Gasteiger partial charge is 0.390 e. The van der Waals surface area contributed by atoms with E-state index in [2.05, 4.69) is 9.72 Å². The highest BCUT2D eigenvalue weighted by atomic mass is 16.8. The van der Waals surface area contributed by atoms with Gasteiger partial charge in [-0.3, -0.25) is 4.98 Å². The maximum atomic E-state index is 11.1. The van der Waals surface area contributed by atoms with E-state index in [0.717, 1.165) is 0 Å². The van der Waals surface area contributed by atoms with E-state index in [1.54, 1.807) is 24.3 Å². The summed E-state index contributed by atoms with van der Waals surface area (Å²) in [7, 11) is 0. The van der Waals surface area contributed by atoms with E-state index in [9.17, 15) is 9.59 Å².